The lowest BCUT2D eigenvalue weighted by atomic mass is 9.76. The van der Waals surface area contributed by atoms with E-state index in [0.717, 1.165) is 29.7 Å². The summed E-state index contributed by atoms with van der Waals surface area (Å²) >= 11 is 0. The Hall–Kier alpha value is -3.65. The minimum Gasteiger partial charge on any atom is -0.488 e. The zero-order chi connectivity index (χ0) is 24.2. The standard InChI is InChI=1S/C27H30N4O4/c32-26(29-34)23-18-21(35-24-10-4-6-19-7-5-13-28-25(19)24)11-12-22(23)27(33)31-16-14-30(15-17-31)20-8-2-1-3-9-20/h1-10,13,21-23,34H,11-12,14-18H2,(H,29,32)/t21-,22+,23+/m1/s1. The predicted octanol–water partition coefficient (Wildman–Crippen LogP) is 3.25. The van der Waals surface area contributed by atoms with Gasteiger partial charge >= 0.3 is 0 Å². The molecule has 0 bridgehead atoms. The molecular formula is C27H30N4O4. The number of hydroxylamine groups is 1. The molecule has 2 N–H and O–H groups in total. The van der Waals surface area contributed by atoms with Crippen LogP contribution >= 0.6 is 0 Å². The average molecular weight is 475 g/mol. The number of ether oxygens (including phenoxy) is 1. The number of piperazine rings is 1. The summed E-state index contributed by atoms with van der Waals surface area (Å²) in [7, 11) is 0. The van der Waals surface area contributed by atoms with Crippen LogP contribution in [0.15, 0.2) is 66.9 Å². The molecule has 0 radical (unpaired) electrons. The van der Waals surface area contributed by atoms with E-state index < -0.39 is 17.7 Å². The predicted molar refractivity (Wildman–Crippen MR) is 132 cm³/mol. The molecule has 3 atom stereocenters. The molecule has 8 heteroatoms. The first-order chi connectivity index (χ1) is 17.1. The Morgan fingerprint density at radius 2 is 1.69 bits per heavy atom. The van der Waals surface area contributed by atoms with Crippen LogP contribution in [0.2, 0.25) is 0 Å². The summed E-state index contributed by atoms with van der Waals surface area (Å²) in [6, 6.07) is 19.8. The number of nitrogens with one attached hydrogen (secondary N) is 1. The average Bonchev–Trinajstić information content (AvgIpc) is 2.93. The number of amides is 2. The van der Waals surface area contributed by atoms with Crippen molar-refractivity contribution in [3.8, 4) is 5.75 Å². The summed E-state index contributed by atoms with van der Waals surface area (Å²) in [4.78, 5) is 34.6. The second-order valence-electron chi connectivity index (χ2n) is 9.22. The Balaban J connectivity index is 1.25. The van der Waals surface area contributed by atoms with Crippen molar-refractivity contribution < 1.29 is 19.5 Å². The van der Waals surface area contributed by atoms with E-state index in [1.165, 1.54) is 0 Å². The lowest BCUT2D eigenvalue weighted by Gasteiger charge is -2.40. The van der Waals surface area contributed by atoms with Crippen LogP contribution < -0.4 is 15.1 Å². The molecule has 2 aromatic carbocycles. The second kappa shape index (κ2) is 10.3. The van der Waals surface area contributed by atoms with Crippen LogP contribution in [0.25, 0.3) is 10.9 Å². The molecule has 0 spiro atoms. The van der Waals surface area contributed by atoms with Crippen molar-refractivity contribution in [3.63, 3.8) is 0 Å². The number of fused-ring (bicyclic) bond motifs is 1. The fraction of sp³-hybridized carbons (Fsp3) is 0.370. The molecule has 2 heterocycles. The fourth-order valence-electron chi connectivity index (χ4n) is 5.32. The van der Waals surface area contributed by atoms with E-state index in [4.69, 9.17) is 4.74 Å². The number of pyridine rings is 1. The highest BCUT2D eigenvalue weighted by molar-refractivity contribution is 5.88. The highest BCUT2D eigenvalue weighted by Gasteiger charge is 2.42. The fourth-order valence-corrected chi connectivity index (χ4v) is 5.32. The summed E-state index contributed by atoms with van der Waals surface area (Å²) in [6.07, 6.45) is 3.02. The number of carbonyl (C=O) groups is 2. The molecule has 2 amide bonds. The van der Waals surface area contributed by atoms with Crippen LogP contribution in [0.4, 0.5) is 5.69 Å². The van der Waals surface area contributed by atoms with E-state index in [-0.39, 0.29) is 12.0 Å². The quantitative estimate of drug-likeness (QED) is 0.436. The van der Waals surface area contributed by atoms with Gasteiger partial charge in [0.25, 0.3) is 0 Å². The molecule has 8 nitrogen and oxygen atoms in total. The third-order valence-corrected chi connectivity index (χ3v) is 7.17. The second-order valence-corrected chi connectivity index (χ2v) is 9.22. The Bertz CT molecular complexity index is 1170. The largest absolute Gasteiger partial charge is 0.488 e. The lowest BCUT2D eigenvalue weighted by Crippen LogP contribution is -2.53. The molecule has 1 saturated heterocycles. The zero-order valence-electron chi connectivity index (χ0n) is 19.5. The number of para-hydroxylation sites is 2. The van der Waals surface area contributed by atoms with Gasteiger partial charge in [-0.15, -0.1) is 0 Å². The monoisotopic (exact) mass is 474 g/mol. The van der Waals surface area contributed by atoms with Crippen LogP contribution in [-0.2, 0) is 9.59 Å². The third kappa shape index (κ3) is 4.93. The van der Waals surface area contributed by atoms with Gasteiger partial charge in [0, 0.05) is 43.4 Å². The Morgan fingerprint density at radius 3 is 2.46 bits per heavy atom. The molecule has 2 aliphatic rings. The molecule has 5 rings (SSSR count). The van der Waals surface area contributed by atoms with E-state index in [1.54, 1.807) is 11.7 Å². The number of anilines is 1. The van der Waals surface area contributed by atoms with Crippen LogP contribution in [0.5, 0.6) is 5.75 Å². The molecule has 1 saturated carbocycles. The van der Waals surface area contributed by atoms with Gasteiger partial charge in [0.1, 0.15) is 11.3 Å². The van der Waals surface area contributed by atoms with E-state index in [0.29, 0.717) is 38.1 Å². The maximum Gasteiger partial charge on any atom is 0.247 e. The summed E-state index contributed by atoms with van der Waals surface area (Å²) < 4.78 is 6.27. The molecule has 1 aliphatic heterocycles. The van der Waals surface area contributed by atoms with E-state index >= 15 is 0 Å². The first kappa shape index (κ1) is 23.1. The molecule has 182 valence electrons. The maximum absolute atomic E-state index is 13.5. The number of hydrogen-bond acceptors (Lipinski definition) is 6. The first-order valence-electron chi connectivity index (χ1n) is 12.2. The van der Waals surface area contributed by atoms with Gasteiger partial charge in [0.05, 0.1) is 17.9 Å². The summed E-state index contributed by atoms with van der Waals surface area (Å²) in [5.41, 5.74) is 3.70. The SMILES string of the molecule is O=C(NO)[C@H]1C[C@H](Oc2cccc3cccnc23)CC[C@@H]1C(=O)N1CCN(c2ccccc2)CC1. The van der Waals surface area contributed by atoms with Crippen molar-refractivity contribution in [2.24, 2.45) is 11.8 Å². The Morgan fingerprint density at radius 1 is 0.914 bits per heavy atom. The molecule has 3 aromatic rings. The first-order valence-corrected chi connectivity index (χ1v) is 12.2. The molecule has 1 aromatic heterocycles. The van der Waals surface area contributed by atoms with Crippen molar-refractivity contribution in [2.45, 2.75) is 25.4 Å². The topological polar surface area (TPSA) is 95.0 Å². The van der Waals surface area contributed by atoms with E-state index in [2.05, 4.69) is 22.0 Å². The minimum absolute atomic E-state index is 0.0170. The van der Waals surface area contributed by atoms with Crippen LogP contribution in [-0.4, -0.2) is 59.2 Å². The Kier molecular flexibility index (Phi) is 6.81. The summed E-state index contributed by atoms with van der Waals surface area (Å²) in [5.74, 6) is -1.01. The van der Waals surface area contributed by atoms with Crippen molar-refractivity contribution in [2.75, 3.05) is 31.1 Å². The van der Waals surface area contributed by atoms with Crippen molar-refractivity contribution in [1.29, 1.82) is 0 Å². The summed E-state index contributed by atoms with van der Waals surface area (Å²) in [6.45, 7) is 2.72. The van der Waals surface area contributed by atoms with Crippen molar-refractivity contribution in [3.05, 3.63) is 66.9 Å². The van der Waals surface area contributed by atoms with Crippen LogP contribution in [0.1, 0.15) is 19.3 Å². The molecular weight excluding hydrogens is 444 g/mol. The molecule has 35 heavy (non-hydrogen) atoms. The van der Waals surface area contributed by atoms with Gasteiger partial charge in [0.15, 0.2) is 0 Å². The van der Waals surface area contributed by atoms with Gasteiger partial charge < -0.3 is 14.5 Å². The maximum atomic E-state index is 13.5. The van der Waals surface area contributed by atoms with Crippen LogP contribution in [0.3, 0.4) is 0 Å². The van der Waals surface area contributed by atoms with E-state index in [1.807, 2.05) is 53.4 Å². The number of benzene rings is 2. The number of carbonyl (C=O) groups excluding carboxylic acids is 2. The van der Waals surface area contributed by atoms with Gasteiger partial charge in [-0.1, -0.05) is 36.4 Å². The van der Waals surface area contributed by atoms with Crippen molar-refractivity contribution in [1.82, 2.24) is 15.4 Å². The van der Waals surface area contributed by atoms with Gasteiger partial charge in [-0.2, -0.15) is 0 Å². The van der Waals surface area contributed by atoms with Crippen molar-refractivity contribution >= 4 is 28.4 Å². The molecule has 1 aliphatic carbocycles. The van der Waals surface area contributed by atoms with Gasteiger partial charge in [-0.3, -0.25) is 19.8 Å². The minimum atomic E-state index is -0.652. The van der Waals surface area contributed by atoms with Gasteiger partial charge in [0.2, 0.25) is 11.8 Å². The number of hydrogen-bond donors (Lipinski definition) is 2. The number of nitrogens with zero attached hydrogens (tertiary/aromatic N) is 3. The van der Waals surface area contributed by atoms with Gasteiger partial charge in [-0.05, 0) is 43.5 Å². The highest BCUT2D eigenvalue weighted by atomic mass is 16.5. The lowest BCUT2D eigenvalue weighted by molar-refractivity contribution is -0.148. The third-order valence-electron chi connectivity index (χ3n) is 7.17. The molecule has 0 unspecified atom stereocenters. The smallest absolute Gasteiger partial charge is 0.247 e. The zero-order valence-corrected chi connectivity index (χ0v) is 19.5. The van der Waals surface area contributed by atoms with Gasteiger partial charge in [-0.25, -0.2) is 5.48 Å². The number of aromatic nitrogens is 1. The van der Waals surface area contributed by atoms with E-state index in [9.17, 15) is 14.8 Å². The summed E-state index contributed by atoms with van der Waals surface area (Å²) in [5, 5.41) is 10.4. The number of rotatable bonds is 5. The Labute approximate surface area is 204 Å². The highest BCUT2D eigenvalue weighted by Crippen LogP contribution is 2.36. The molecule has 2 fully saturated rings. The normalized spacial score (nSPS) is 22.6. The van der Waals surface area contributed by atoms with Crippen LogP contribution in [0, 0.1) is 11.8 Å².